The summed E-state index contributed by atoms with van der Waals surface area (Å²) in [6, 6.07) is 0. The summed E-state index contributed by atoms with van der Waals surface area (Å²) in [6.45, 7) is 8.41. The number of rotatable bonds is 0. The molecule has 1 aromatic heterocycles. The van der Waals surface area contributed by atoms with Crippen LogP contribution in [-0.2, 0) is 12.0 Å². The summed E-state index contributed by atoms with van der Waals surface area (Å²) in [4.78, 5) is 14.7. The van der Waals surface area contributed by atoms with Gasteiger partial charge in [0.05, 0.1) is 5.54 Å². The highest BCUT2D eigenvalue weighted by atomic mass is 16.2. The molecule has 2 aliphatic heterocycles. The maximum atomic E-state index is 12.4. The first-order valence-corrected chi connectivity index (χ1v) is 7.39. The summed E-state index contributed by atoms with van der Waals surface area (Å²) in [5.74, 6) is -0.00111. The first kappa shape index (κ1) is 13.6. The molecule has 1 N–H and O–H groups in total. The van der Waals surface area contributed by atoms with Crippen molar-refractivity contribution in [3.05, 3.63) is 17.5 Å². The SMILES string of the molecule is CN1CCC2(CC1)Cc1cn(C(C)(C)C)nc1C(=O)N2. The molecule has 0 bridgehead atoms. The molecule has 0 aromatic carbocycles. The fraction of sp³-hybridized carbons (Fsp3) is 0.733. The van der Waals surface area contributed by atoms with Gasteiger partial charge in [0.25, 0.3) is 5.91 Å². The zero-order valence-corrected chi connectivity index (χ0v) is 12.9. The topological polar surface area (TPSA) is 50.2 Å². The van der Waals surface area contributed by atoms with Gasteiger partial charge in [0.2, 0.25) is 0 Å². The highest BCUT2D eigenvalue weighted by Crippen LogP contribution is 2.31. The van der Waals surface area contributed by atoms with Crippen molar-refractivity contribution < 1.29 is 4.79 Å². The molecule has 1 amide bonds. The number of hydrogen-bond acceptors (Lipinski definition) is 3. The van der Waals surface area contributed by atoms with E-state index in [4.69, 9.17) is 0 Å². The third-order valence-corrected chi connectivity index (χ3v) is 4.54. The molecule has 3 rings (SSSR count). The molecule has 1 aromatic rings. The van der Waals surface area contributed by atoms with Crippen LogP contribution in [0.3, 0.4) is 0 Å². The van der Waals surface area contributed by atoms with Crippen LogP contribution in [0, 0.1) is 0 Å². The number of likely N-dealkylation sites (tertiary alicyclic amines) is 1. The number of nitrogens with zero attached hydrogens (tertiary/aromatic N) is 3. The lowest BCUT2D eigenvalue weighted by Crippen LogP contribution is -2.58. The van der Waals surface area contributed by atoms with Gasteiger partial charge in [0.1, 0.15) is 0 Å². The van der Waals surface area contributed by atoms with Gasteiger partial charge in [-0.2, -0.15) is 5.10 Å². The summed E-state index contributed by atoms with van der Waals surface area (Å²) in [5, 5.41) is 7.72. The minimum absolute atomic E-state index is 0.00111. The van der Waals surface area contributed by atoms with E-state index in [2.05, 4.69) is 49.3 Å². The van der Waals surface area contributed by atoms with Crippen molar-refractivity contribution in [1.82, 2.24) is 20.0 Å². The van der Waals surface area contributed by atoms with Gasteiger partial charge in [-0.05, 0) is 47.1 Å². The number of carbonyl (C=O) groups excluding carboxylic acids is 1. The Bertz CT molecular complexity index is 533. The Labute approximate surface area is 120 Å². The molecular weight excluding hydrogens is 252 g/mol. The zero-order chi connectivity index (χ0) is 14.5. The average Bonchev–Trinajstić information content (AvgIpc) is 2.77. The Morgan fingerprint density at radius 1 is 1.30 bits per heavy atom. The third-order valence-electron chi connectivity index (χ3n) is 4.54. The van der Waals surface area contributed by atoms with Crippen LogP contribution in [0.15, 0.2) is 6.20 Å². The molecule has 0 aliphatic carbocycles. The predicted molar refractivity (Wildman–Crippen MR) is 77.9 cm³/mol. The van der Waals surface area contributed by atoms with Crippen molar-refractivity contribution in [3.63, 3.8) is 0 Å². The van der Waals surface area contributed by atoms with E-state index in [0.29, 0.717) is 5.69 Å². The quantitative estimate of drug-likeness (QED) is 0.779. The maximum Gasteiger partial charge on any atom is 0.272 e. The van der Waals surface area contributed by atoms with Gasteiger partial charge in [-0.15, -0.1) is 0 Å². The predicted octanol–water partition coefficient (Wildman–Crippen LogP) is 1.39. The molecule has 1 fully saturated rings. The van der Waals surface area contributed by atoms with Crippen LogP contribution in [-0.4, -0.2) is 46.3 Å². The van der Waals surface area contributed by atoms with Crippen LogP contribution in [0.5, 0.6) is 0 Å². The number of nitrogens with one attached hydrogen (secondary N) is 1. The van der Waals surface area contributed by atoms with Crippen molar-refractivity contribution in [1.29, 1.82) is 0 Å². The van der Waals surface area contributed by atoms with Gasteiger partial charge >= 0.3 is 0 Å². The summed E-state index contributed by atoms with van der Waals surface area (Å²) in [7, 11) is 2.14. The molecule has 1 spiro atoms. The number of amides is 1. The molecule has 0 atom stereocenters. The Balaban J connectivity index is 1.91. The second kappa shape index (κ2) is 4.32. The van der Waals surface area contributed by atoms with E-state index in [-0.39, 0.29) is 17.0 Å². The fourth-order valence-electron chi connectivity index (χ4n) is 3.13. The van der Waals surface area contributed by atoms with Gasteiger partial charge < -0.3 is 10.2 Å². The Hall–Kier alpha value is -1.36. The minimum Gasteiger partial charge on any atom is -0.345 e. The summed E-state index contributed by atoms with van der Waals surface area (Å²) in [6.07, 6.45) is 5.02. The number of carbonyl (C=O) groups is 1. The second-order valence-corrected chi connectivity index (χ2v) is 7.33. The number of fused-ring (bicyclic) bond motifs is 1. The molecular formula is C15H24N4O. The highest BCUT2D eigenvalue weighted by Gasteiger charge is 2.41. The van der Waals surface area contributed by atoms with Crippen LogP contribution in [0.1, 0.15) is 49.7 Å². The Morgan fingerprint density at radius 3 is 2.55 bits per heavy atom. The van der Waals surface area contributed by atoms with E-state index >= 15 is 0 Å². The lowest BCUT2D eigenvalue weighted by molar-refractivity contribution is 0.0794. The summed E-state index contributed by atoms with van der Waals surface area (Å²) < 4.78 is 1.92. The zero-order valence-electron chi connectivity index (χ0n) is 12.9. The normalized spacial score (nSPS) is 22.7. The fourth-order valence-corrected chi connectivity index (χ4v) is 3.13. The number of piperidine rings is 1. The van der Waals surface area contributed by atoms with Crippen LogP contribution in [0.25, 0.3) is 0 Å². The van der Waals surface area contributed by atoms with Gasteiger partial charge in [-0.3, -0.25) is 9.48 Å². The van der Waals surface area contributed by atoms with E-state index in [1.165, 1.54) is 0 Å². The standard InChI is InChI=1S/C15H24N4O/c1-14(2,3)19-10-11-9-15(5-7-18(4)8-6-15)16-13(20)12(11)17-19/h10H,5-9H2,1-4H3,(H,16,20). The van der Waals surface area contributed by atoms with Crippen molar-refractivity contribution in [2.45, 2.75) is 51.1 Å². The molecule has 5 nitrogen and oxygen atoms in total. The largest absolute Gasteiger partial charge is 0.345 e. The van der Waals surface area contributed by atoms with Crippen molar-refractivity contribution >= 4 is 5.91 Å². The van der Waals surface area contributed by atoms with E-state index in [9.17, 15) is 4.79 Å². The Morgan fingerprint density at radius 2 is 1.95 bits per heavy atom. The first-order chi connectivity index (χ1) is 9.29. The van der Waals surface area contributed by atoms with Crippen molar-refractivity contribution in [2.24, 2.45) is 0 Å². The highest BCUT2D eigenvalue weighted by molar-refractivity contribution is 5.95. The summed E-state index contributed by atoms with van der Waals surface area (Å²) >= 11 is 0. The van der Waals surface area contributed by atoms with Gasteiger partial charge in [-0.1, -0.05) is 0 Å². The molecule has 0 saturated carbocycles. The molecule has 3 heterocycles. The molecule has 1 saturated heterocycles. The molecule has 2 aliphatic rings. The molecule has 110 valence electrons. The first-order valence-electron chi connectivity index (χ1n) is 7.39. The molecule has 5 heteroatoms. The smallest absolute Gasteiger partial charge is 0.272 e. The lowest BCUT2D eigenvalue weighted by atomic mass is 9.79. The number of hydrogen-bond donors (Lipinski definition) is 1. The van der Waals surface area contributed by atoms with Crippen molar-refractivity contribution in [3.8, 4) is 0 Å². The van der Waals surface area contributed by atoms with Gasteiger partial charge in [0.15, 0.2) is 5.69 Å². The maximum absolute atomic E-state index is 12.4. The summed E-state index contributed by atoms with van der Waals surface area (Å²) in [5.41, 5.74) is 1.58. The van der Waals surface area contributed by atoms with Crippen LogP contribution in [0.4, 0.5) is 0 Å². The van der Waals surface area contributed by atoms with E-state index in [1.807, 2.05) is 4.68 Å². The lowest BCUT2D eigenvalue weighted by Gasteiger charge is -2.43. The number of aromatic nitrogens is 2. The van der Waals surface area contributed by atoms with E-state index in [0.717, 1.165) is 37.9 Å². The van der Waals surface area contributed by atoms with Crippen LogP contribution < -0.4 is 5.32 Å². The van der Waals surface area contributed by atoms with Crippen molar-refractivity contribution in [2.75, 3.05) is 20.1 Å². The van der Waals surface area contributed by atoms with Gasteiger partial charge in [-0.25, -0.2) is 0 Å². The molecule has 0 unspecified atom stereocenters. The third kappa shape index (κ3) is 2.24. The van der Waals surface area contributed by atoms with E-state index in [1.54, 1.807) is 0 Å². The van der Waals surface area contributed by atoms with Crippen LogP contribution in [0.2, 0.25) is 0 Å². The monoisotopic (exact) mass is 276 g/mol. The Kier molecular flexibility index (Phi) is 2.94. The molecule has 20 heavy (non-hydrogen) atoms. The van der Waals surface area contributed by atoms with Gasteiger partial charge in [0, 0.05) is 30.4 Å². The van der Waals surface area contributed by atoms with Crippen LogP contribution >= 0.6 is 0 Å². The van der Waals surface area contributed by atoms with E-state index < -0.39 is 0 Å². The molecule has 0 radical (unpaired) electrons. The average molecular weight is 276 g/mol. The minimum atomic E-state index is -0.0857. The second-order valence-electron chi connectivity index (χ2n) is 7.33.